The van der Waals surface area contributed by atoms with Crippen molar-refractivity contribution in [3.05, 3.63) is 47.8 Å². The van der Waals surface area contributed by atoms with E-state index < -0.39 is 50.4 Å². The number of hydrogen-bond acceptors (Lipinski definition) is 4. The summed E-state index contributed by atoms with van der Waals surface area (Å²) >= 11 is 0. The number of hydrogen-bond donors (Lipinski definition) is 1. The standard InChI is InChI=1S/C18H17F6N3O3S/c19-17(20,21)10-27-15(4-5-26-27)16(28)25-9-11-6-14(7-11)31(29,30)13-3-1-2-12(8-13)18(22,23)24/h1-5,8,11,14H,6-7,9-10H2,(H,25,28)/t11-,14-. The third-order valence-corrected chi connectivity index (χ3v) is 7.12. The van der Waals surface area contributed by atoms with E-state index in [-0.39, 0.29) is 31.0 Å². The van der Waals surface area contributed by atoms with Crippen molar-refractivity contribution in [2.75, 3.05) is 6.54 Å². The summed E-state index contributed by atoms with van der Waals surface area (Å²) in [5, 5.41) is 5.01. The molecule has 13 heteroatoms. The minimum absolute atomic E-state index is 0.0185. The molecule has 1 aromatic heterocycles. The van der Waals surface area contributed by atoms with Crippen molar-refractivity contribution in [2.24, 2.45) is 5.92 Å². The summed E-state index contributed by atoms with van der Waals surface area (Å²) in [6, 6.07) is 4.62. The first-order chi connectivity index (χ1) is 14.3. The number of amides is 1. The second-order valence-electron chi connectivity index (χ2n) is 7.23. The highest BCUT2D eigenvalue weighted by Crippen LogP contribution is 2.37. The van der Waals surface area contributed by atoms with E-state index in [4.69, 9.17) is 0 Å². The predicted octanol–water partition coefficient (Wildman–Crippen LogP) is 3.45. The van der Waals surface area contributed by atoms with Crippen LogP contribution in [0.5, 0.6) is 0 Å². The van der Waals surface area contributed by atoms with E-state index in [0.29, 0.717) is 10.7 Å². The van der Waals surface area contributed by atoms with Crippen molar-refractivity contribution >= 4 is 15.7 Å². The number of carbonyl (C=O) groups is 1. The molecule has 1 amide bonds. The van der Waals surface area contributed by atoms with Crippen LogP contribution < -0.4 is 5.32 Å². The number of aromatic nitrogens is 2. The molecule has 0 saturated heterocycles. The van der Waals surface area contributed by atoms with Crippen molar-refractivity contribution < 1.29 is 39.6 Å². The van der Waals surface area contributed by atoms with Crippen molar-refractivity contribution in [3.8, 4) is 0 Å². The molecule has 0 unspecified atom stereocenters. The molecule has 6 nitrogen and oxygen atoms in total. The minimum Gasteiger partial charge on any atom is -0.350 e. The maximum absolute atomic E-state index is 12.8. The monoisotopic (exact) mass is 469 g/mol. The molecule has 3 rings (SSSR count). The van der Waals surface area contributed by atoms with Crippen LogP contribution in [0.4, 0.5) is 26.3 Å². The first-order valence-corrected chi connectivity index (χ1v) is 10.6. The topological polar surface area (TPSA) is 81.1 Å². The molecule has 0 atom stereocenters. The highest BCUT2D eigenvalue weighted by atomic mass is 32.2. The average Bonchev–Trinajstić information content (AvgIpc) is 3.05. The first-order valence-electron chi connectivity index (χ1n) is 9.05. The van der Waals surface area contributed by atoms with Crippen LogP contribution in [-0.2, 0) is 22.6 Å². The Balaban J connectivity index is 1.56. The predicted molar refractivity (Wildman–Crippen MR) is 95.8 cm³/mol. The number of nitrogens with zero attached hydrogens (tertiary/aromatic N) is 2. The molecule has 1 aromatic carbocycles. The van der Waals surface area contributed by atoms with Gasteiger partial charge in [0, 0.05) is 12.7 Å². The lowest BCUT2D eigenvalue weighted by Crippen LogP contribution is -2.42. The van der Waals surface area contributed by atoms with Crippen LogP contribution in [0.25, 0.3) is 0 Å². The molecule has 1 saturated carbocycles. The Morgan fingerprint density at radius 3 is 2.42 bits per heavy atom. The van der Waals surface area contributed by atoms with E-state index in [1.165, 1.54) is 0 Å². The minimum atomic E-state index is -4.67. The molecule has 0 bridgehead atoms. The van der Waals surface area contributed by atoms with Gasteiger partial charge in [0.05, 0.1) is 15.7 Å². The molecule has 1 aliphatic carbocycles. The molecular formula is C18H17F6N3O3S. The zero-order valence-corrected chi connectivity index (χ0v) is 16.6. The highest BCUT2D eigenvalue weighted by molar-refractivity contribution is 7.92. The molecule has 0 spiro atoms. The SMILES string of the molecule is O=C(NC[C@H]1C[C@H](S(=O)(=O)c2cccc(C(F)(F)F)c2)C1)c1ccnn1CC(F)(F)F. The fourth-order valence-electron chi connectivity index (χ4n) is 3.29. The average molecular weight is 469 g/mol. The van der Waals surface area contributed by atoms with Gasteiger partial charge in [-0.2, -0.15) is 31.4 Å². The van der Waals surface area contributed by atoms with Crippen LogP contribution in [0.15, 0.2) is 41.4 Å². The van der Waals surface area contributed by atoms with E-state index in [2.05, 4.69) is 10.4 Å². The third kappa shape index (κ3) is 5.38. The van der Waals surface area contributed by atoms with E-state index in [1.807, 2.05) is 0 Å². The Hall–Kier alpha value is -2.57. The van der Waals surface area contributed by atoms with Gasteiger partial charge in [-0.15, -0.1) is 0 Å². The Bertz CT molecular complexity index is 1060. The number of benzene rings is 1. The summed E-state index contributed by atoms with van der Waals surface area (Å²) in [7, 11) is -3.98. The van der Waals surface area contributed by atoms with Gasteiger partial charge in [-0.05, 0) is 43.0 Å². The fraction of sp³-hybridized carbons (Fsp3) is 0.444. The molecule has 170 valence electrons. The zero-order valence-electron chi connectivity index (χ0n) is 15.7. The molecule has 1 aliphatic rings. The van der Waals surface area contributed by atoms with E-state index in [1.54, 1.807) is 0 Å². The van der Waals surface area contributed by atoms with Crippen molar-refractivity contribution in [3.63, 3.8) is 0 Å². The van der Waals surface area contributed by atoms with Gasteiger partial charge in [-0.1, -0.05) is 6.07 Å². The lowest BCUT2D eigenvalue weighted by atomic mass is 9.85. The van der Waals surface area contributed by atoms with Gasteiger partial charge in [0.1, 0.15) is 12.2 Å². The molecule has 0 aliphatic heterocycles. The Morgan fingerprint density at radius 1 is 1.13 bits per heavy atom. The maximum Gasteiger partial charge on any atom is 0.416 e. The molecule has 1 heterocycles. The number of sulfone groups is 1. The van der Waals surface area contributed by atoms with Crippen molar-refractivity contribution in [1.82, 2.24) is 15.1 Å². The normalized spacial score (nSPS) is 19.7. The lowest BCUT2D eigenvalue weighted by molar-refractivity contribution is -0.142. The second-order valence-corrected chi connectivity index (χ2v) is 9.46. The van der Waals surface area contributed by atoms with Crippen LogP contribution in [0, 0.1) is 5.92 Å². The summed E-state index contributed by atoms with van der Waals surface area (Å²) in [5.41, 5.74) is -1.35. The largest absolute Gasteiger partial charge is 0.416 e. The van der Waals surface area contributed by atoms with Crippen molar-refractivity contribution in [2.45, 2.75) is 41.9 Å². The van der Waals surface area contributed by atoms with Crippen LogP contribution in [0.2, 0.25) is 0 Å². The van der Waals surface area contributed by atoms with Gasteiger partial charge in [-0.25, -0.2) is 8.42 Å². The van der Waals surface area contributed by atoms with Crippen LogP contribution in [0.1, 0.15) is 28.9 Å². The molecule has 1 N–H and O–H groups in total. The summed E-state index contributed by atoms with van der Waals surface area (Å²) < 4.78 is 102. The summed E-state index contributed by atoms with van der Waals surface area (Å²) in [6.45, 7) is -1.41. The van der Waals surface area contributed by atoms with Gasteiger partial charge in [0.2, 0.25) is 0 Å². The Kier molecular flexibility index (Phi) is 6.09. The van der Waals surface area contributed by atoms with Gasteiger partial charge in [0.15, 0.2) is 9.84 Å². The van der Waals surface area contributed by atoms with Gasteiger partial charge in [0.25, 0.3) is 5.91 Å². The third-order valence-electron chi connectivity index (χ3n) is 4.95. The summed E-state index contributed by atoms with van der Waals surface area (Å²) in [6.07, 6.45) is -7.94. The molecule has 2 aromatic rings. The fourth-order valence-corrected chi connectivity index (χ4v) is 5.28. The van der Waals surface area contributed by atoms with Crippen LogP contribution in [0.3, 0.4) is 0 Å². The number of carbonyl (C=O) groups excluding carboxylic acids is 1. The van der Waals surface area contributed by atoms with Gasteiger partial charge in [-0.3, -0.25) is 9.48 Å². The first kappa shape index (κ1) is 23.1. The van der Waals surface area contributed by atoms with Crippen molar-refractivity contribution in [1.29, 1.82) is 0 Å². The lowest BCUT2D eigenvalue weighted by Gasteiger charge is -2.35. The quantitative estimate of drug-likeness (QED) is 0.658. The Labute approximate surface area is 173 Å². The number of halogens is 6. The number of alkyl halides is 6. The number of rotatable bonds is 6. The van der Waals surface area contributed by atoms with Gasteiger partial charge < -0.3 is 5.32 Å². The van der Waals surface area contributed by atoms with E-state index >= 15 is 0 Å². The number of nitrogens with one attached hydrogen (secondary N) is 1. The maximum atomic E-state index is 12.8. The molecular weight excluding hydrogens is 452 g/mol. The summed E-state index contributed by atoms with van der Waals surface area (Å²) in [4.78, 5) is 11.7. The van der Waals surface area contributed by atoms with Crippen LogP contribution >= 0.6 is 0 Å². The van der Waals surface area contributed by atoms with Crippen LogP contribution in [-0.4, -0.2) is 42.1 Å². The summed E-state index contributed by atoms with van der Waals surface area (Å²) in [5.74, 6) is -1.06. The van der Waals surface area contributed by atoms with E-state index in [0.717, 1.165) is 30.5 Å². The second kappa shape index (κ2) is 8.17. The Morgan fingerprint density at radius 2 is 1.81 bits per heavy atom. The zero-order chi connectivity index (χ0) is 23.0. The molecule has 1 fully saturated rings. The van der Waals surface area contributed by atoms with Gasteiger partial charge >= 0.3 is 12.4 Å². The highest BCUT2D eigenvalue weighted by Gasteiger charge is 2.41. The smallest absolute Gasteiger partial charge is 0.350 e. The molecule has 0 radical (unpaired) electrons. The molecule has 31 heavy (non-hydrogen) atoms. The van der Waals surface area contributed by atoms with E-state index in [9.17, 15) is 39.6 Å².